The Morgan fingerprint density at radius 1 is 1.34 bits per heavy atom. The van der Waals surface area contributed by atoms with Gasteiger partial charge in [0.2, 0.25) is 5.91 Å². The van der Waals surface area contributed by atoms with Gasteiger partial charge in [-0.3, -0.25) is 14.4 Å². The second kappa shape index (κ2) is 8.05. The Balaban J connectivity index is 2.34. The number of anilines is 1. The van der Waals surface area contributed by atoms with E-state index >= 15 is 4.39 Å². The lowest BCUT2D eigenvalue weighted by Crippen LogP contribution is -2.30. The lowest BCUT2D eigenvalue weighted by Gasteiger charge is -2.36. The summed E-state index contributed by atoms with van der Waals surface area (Å²) >= 11 is 0. The van der Waals surface area contributed by atoms with Gasteiger partial charge in [0.15, 0.2) is 11.6 Å². The minimum Gasteiger partial charge on any atom is -0.324 e. The Hall–Kier alpha value is -2.56. The number of ketones is 2. The number of hydrogen-bond acceptors (Lipinski definition) is 3. The van der Waals surface area contributed by atoms with Crippen molar-refractivity contribution in [1.29, 1.82) is 0 Å². The zero-order valence-electron chi connectivity index (χ0n) is 17.4. The number of halogens is 1. The molecule has 3 rings (SSSR count). The number of nitrogens with one attached hydrogen (secondary N) is 1. The molecule has 1 aromatic carbocycles. The van der Waals surface area contributed by atoms with Crippen LogP contribution in [0.4, 0.5) is 10.1 Å². The number of rotatable bonds is 7. The fourth-order valence-corrected chi connectivity index (χ4v) is 5.02. The first kappa shape index (κ1) is 21.2. The first-order chi connectivity index (χ1) is 13.8. The summed E-state index contributed by atoms with van der Waals surface area (Å²) in [6, 6.07) is 1.40. The van der Waals surface area contributed by atoms with E-state index in [1.165, 1.54) is 19.9 Å². The van der Waals surface area contributed by atoms with Crippen LogP contribution >= 0.6 is 0 Å². The Morgan fingerprint density at radius 2 is 2.07 bits per heavy atom. The van der Waals surface area contributed by atoms with Crippen molar-refractivity contribution in [2.75, 3.05) is 5.32 Å². The molecule has 1 N–H and O–H groups in total. The van der Waals surface area contributed by atoms with Crippen LogP contribution in [-0.4, -0.2) is 17.5 Å². The third-order valence-corrected chi connectivity index (χ3v) is 6.19. The molecular formula is C24H28FNO3. The van der Waals surface area contributed by atoms with Crippen molar-refractivity contribution in [2.24, 2.45) is 5.41 Å². The van der Waals surface area contributed by atoms with Gasteiger partial charge >= 0.3 is 0 Å². The molecule has 0 fully saturated rings. The van der Waals surface area contributed by atoms with Crippen molar-refractivity contribution in [3.05, 3.63) is 46.8 Å². The van der Waals surface area contributed by atoms with E-state index in [-0.39, 0.29) is 34.1 Å². The van der Waals surface area contributed by atoms with Crippen LogP contribution in [-0.2, 0) is 27.2 Å². The van der Waals surface area contributed by atoms with Crippen molar-refractivity contribution in [3.63, 3.8) is 0 Å². The number of unbranched alkanes of at least 4 members (excludes halogenated alkanes) is 1. The predicted molar refractivity (Wildman–Crippen MR) is 112 cm³/mol. The molecule has 4 nitrogen and oxygen atoms in total. The number of hydrogen-bond donors (Lipinski definition) is 1. The van der Waals surface area contributed by atoms with Gasteiger partial charge in [0, 0.05) is 18.8 Å². The molecule has 1 atom stereocenters. The monoisotopic (exact) mass is 397 g/mol. The normalized spacial score (nSPS) is 20.3. The minimum absolute atomic E-state index is 0.149. The van der Waals surface area contributed by atoms with Gasteiger partial charge in [0.05, 0.1) is 11.3 Å². The molecule has 5 heteroatoms. The quantitative estimate of drug-likeness (QED) is 0.523. The summed E-state index contributed by atoms with van der Waals surface area (Å²) in [7, 11) is 0. The summed E-state index contributed by atoms with van der Waals surface area (Å²) in [5.41, 5.74) is 3.09. The van der Waals surface area contributed by atoms with E-state index in [9.17, 15) is 14.4 Å². The molecule has 154 valence electrons. The molecule has 0 aromatic heterocycles. The number of carbonyl (C=O) groups excluding carboxylic acids is 3. The van der Waals surface area contributed by atoms with Crippen LogP contribution in [0.1, 0.15) is 69.6 Å². The van der Waals surface area contributed by atoms with Crippen LogP contribution in [0.25, 0.3) is 5.57 Å². The van der Waals surface area contributed by atoms with E-state index in [0.717, 1.165) is 30.4 Å². The van der Waals surface area contributed by atoms with E-state index in [0.29, 0.717) is 36.8 Å². The number of carbonyl (C=O) groups is 3. The molecule has 1 amide bonds. The van der Waals surface area contributed by atoms with Crippen molar-refractivity contribution < 1.29 is 18.8 Å². The van der Waals surface area contributed by atoms with Crippen molar-refractivity contribution in [2.45, 2.75) is 65.7 Å². The molecule has 2 aliphatic rings. The van der Waals surface area contributed by atoms with E-state index in [2.05, 4.69) is 18.8 Å². The molecule has 0 saturated carbocycles. The zero-order valence-corrected chi connectivity index (χ0v) is 17.4. The second-order valence-electron chi connectivity index (χ2n) is 8.20. The summed E-state index contributed by atoms with van der Waals surface area (Å²) in [5, 5.41) is 2.62. The highest BCUT2D eigenvalue weighted by Crippen LogP contribution is 2.58. The van der Waals surface area contributed by atoms with Gasteiger partial charge in [-0.1, -0.05) is 25.8 Å². The minimum atomic E-state index is -0.546. The highest BCUT2D eigenvalue weighted by Gasteiger charge is 2.48. The first-order valence-electron chi connectivity index (χ1n) is 10.3. The summed E-state index contributed by atoms with van der Waals surface area (Å²) in [6.45, 7) is 8.67. The topological polar surface area (TPSA) is 63.2 Å². The van der Waals surface area contributed by atoms with E-state index in [1.807, 2.05) is 0 Å². The third kappa shape index (κ3) is 3.59. The highest BCUT2D eigenvalue weighted by atomic mass is 19.1. The SMILES string of the molecule is C=CCc1c2c(cc(F)c1NC(C)=O)C1=C(C(C)=O)C(=O)CCC1(CCCC)C2. The Kier molecular flexibility index (Phi) is 5.87. The molecule has 1 aromatic rings. The van der Waals surface area contributed by atoms with Crippen LogP contribution in [0, 0.1) is 11.2 Å². The van der Waals surface area contributed by atoms with Crippen molar-refractivity contribution in [1.82, 2.24) is 0 Å². The molecule has 0 radical (unpaired) electrons. The number of fused-ring (bicyclic) bond motifs is 3. The van der Waals surface area contributed by atoms with E-state index in [4.69, 9.17) is 0 Å². The number of allylic oxidation sites excluding steroid dienone is 3. The first-order valence-corrected chi connectivity index (χ1v) is 10.3. The summed E-state index contributed by atoms with van der Waals surface area (Å²) < 4.78 is 15.1. The lowest BCUT2D eigenvalue weighted by atomic mass is 9.66. The summed E-state index contributed by atoms with van der Waals surface area (Å²) in [5.74, 6) is -1.29. The van der Waals surface area contributed by atoms with Crippen molar-refractivity contribution >= 4 is 28.7 Å². The zero-order chi connectivity index (χ0) is 21.3. The average Bonchev–Trinajstić information content (AvgIpc) is 2.97. The number of Topliss-reactive ketones (excluding diaryl/α,β-unsaturated/α-hetero) is 2. The van der Waals surface area contributed by atoms with E-state index < -0.39 is 5.82 Å². The summed E-state index contributed by atoms with van der Waals surface area (Å²) in [6.07, 6.45) is 6.56. The Morgan fingerprint density at radius 3 is 2.66 bits per heavy atom. The van der Waals surface area contributed by atoms with Gasteiger partial charge < -0.3 is 5.32 Å². The molecule has 0 spiro atoms. The standard InChI is InChI=1S/C24H28FNO3/c1-5-7-10-24-11-9-20(29)21(14(3)27)22(24)17-12-19(25)23(26-15(4)28)16(8-6-2)18(17)13-24/h6,12H,2,5,7-11,13H2,1,3-4H3,(H,26,28). The van der Waals surface area contributed by atoms with Gasteiger partial charge in [0.25, 0.3) is 0 Å². The molecule has 29 heavy (non-hydrogen) atoms. The number of amides is 1. The Bertz CT molecular complexity index is 944. The second-order valence-corrected chi connectivity index (χ2v) is 8.20. The maximum Gasteiger partial charge on any atom is 0.221 e. The molecule has 0 aliphatic heterocycles. The number of benzene rings is 1. The molecular weight excluding hydrogens is 369 g/mol. The van der Waals surface area contributed by atoms with Crippen LogP contribution in [0.3, 0.4) is 0 Å². The van der Waals surface area contributed by atoms with Gasteiger partial charge in [-0.05, 0) is 60.9 Å². The van der Waals surface area contributed by atoms with Crippen LogP contribution in [0.2, 0.25) is 0 Å². The lowest BCUT2D eigenvalue weighted by molar-refractivity contribution is -0.121. The maximum atomic E-state index is 15.1. The van der Waals surface area contributed by atoms with Crippen molar-refractivity contribution in [3.8, 4) is 0 Å². The van der Waals surface area contributed by atoms with Crippen LogP contribution in [0.15, 0.2) is 24.3 Å². The molecule has 1 unspecified atom stereocenters. The molecule has 0 heterocycles. The fraction of sp³-hybridized carbons (Fsp3) is 0.458. The summed E-state index contributed by atoms with van der Waals surface area (Å²) in [4.78, 5) is 36.8. The average molecular weight is 397 g/mol. The predicted octanol–water partition coefficient (Wildman–Crippen LogP) is 4.95. The van der Waals surface area contributed by atoms with Gasteiger partial charge in [-0.15, -0.1) is 6.58 Å². The van der Waals surface area contributed by atoms with Crippen LogP contribution in [0.5, 0.6) is 0 Å². The molecule has 0 saturated heterocycles. The van der Waals surface area contributed by atoms with Crippen LogP contribution < -0.4 is 5.32 Å². The highest BCUT2D eigenvalue weighted by molar-refractivity contribution is 6.26. The molecule has 2 aliphatic carbocycles. The fourth-order valence-electron chi connectivity index (χ4n) is 5.02. The third-order valence-electron chi connectivity index (χ3n) is 6.19. The van der Waals surface area contributed by atoms with Gasteiger partial charge in [-0.2, -0.15) is 0 Å². The molecule has 0 bridgehead atoms. The smallest absolute Gasteiger partial charge is 0.221 e. The van der Waals surface area contributed by atoms with Gasteiger partial charge in [0.1, 0.15) is 5.82 Å². The Labute approximate surface area is 171 Å². The largest absolute Gasteiger partial charge is 0.324 e. The van der Waals surface area contributed by atoms with E-state index in [1.54, 1.807) is 6.08 Å². The maximum absolute atomic E-state index is 15.1. The van der Waals surface area contributed by atoms with Gasteiger partial charge in [-0.25, -0.2) is 4.39 Å².